The molecule has 1 aromatic carbocycles. The summed E-state index contributed by atoms with van der Waals surface area (Å²) in [5, 5.41) is 7.03. The van der Waals surface area contributed by atoms with Crippen LogP contribution in [0, 0.1) is 0 Å². The molecule has 0 saturated carbocycles. The molecule has 3 rings (SSSR count). The fourth-order valence-corrected chi connectivity index (χ4v) is 3.31. The summed E-state index contributed by atoms with van der Waals surface area (Å²) in [6, 6.07) is 4.63. The summed E-state index contributed by atoms with van der Waals surface area (Å²) in [5.41, 5.74) is 1.45. The number of amides is 2. The lowest BCUT2D eigenvalue weighted by molar-refractivity contribution is -0.129. The molecule has 0 spiro atoms. The zero-order valence-electron chi connectivity index (χ0n) is 17.4. The first-order chi connectivity index (χ1) is 14.4. The van der Waals surface area contributed by atoms with Gasteiger partial charge in [-0.2, -0.15) is 5.10 Å². The fourth-order valence-electron chi connectivity index (χ4n) is 3.31. The van der Waals surface area contributed by atoms with E-state index in [1.807, 2.05) is 0 Å². The van der Waals surface area contributed by atoms with Gasteiger partial charge in [-0.25, -0.2) is 4.68 Å². The Kier molecular flexibility index (Phi) is 6.24. The van der Waals surface area contributed by atoms with E-state index in [2.05, 4.69) is 10.4 Å². The van der Waals surface area contributed by atoms with Gasteiger partial charge in [-0.05, 0) is 0 Å². The Balaban J connectivity index is 1.77. The number of rotatable bonds is 6. The average molecular weight is 416 g/mol. The molecular weight excluding hydrogens is 392 g/mol. The van der Waals surface area contributed by atoms with Gasteiger partial charge < -0.3 is 24.4 Å². The van der Waals surface area contributed by atoms with E-state index in [9.17, 15) is 14.4 Å². The second-order valence-electron chi connectivity index (χ2n) is 6.76. The van der Waals surface area contributed by atoms with Crippen molar-refractivity contribution in [3.05, 3.63) is 39.8 Å². The van der Waals surface area contributed by atoms with Crippen molar-refractivity contribution in [2.75, 3.05) is 33.2 Å². The summed E-state index contributed by atoms with van der Waals surface area (Å²) in [6.45, 7) is 2.13. The molecule has 2 aromatic rings. The minimum atomic E-state index is -0.431. The molecule has 1 aliphatic rings. The first kappa shape index (κ1) is 21.2. The first-order valence-corrected chi connectivity index (χ1v) is 9.31. The van der Waals surface area contributed by atoms with Crippen LogP contribution in [0.5, 0.6) is 17.2 Å². The number of methoxy groups -OCH3 is 3. The minimum Gasteiger partial charge on any atom is -0.493 e. The van der Waals surface area contributed by atoms with Crippen molar-refractivity contribution < 1.29 is 23.8 Å². The third-order valence-corrected chi connectivity index (χ3v) is 4.83. The number of hydrogen-bond donors (Lipinski definition) is 1. The van der Waals surface area contributed by atoms with Gasteiger partial charge in [-0.1, -0.05) is 0 Å². The van der Waals surface area contributed by atoms with E-state index in [0.717, 1.165) is 4.68 Å². The summed E-state index contributed by atoms with van der Waals surface area (Å²) in [6.07, 6.45) is 0.531. The lowest BCUT2D eigenvalue weighted by Crippen LogP contribution is -2.38. The maximum Gasteiger partial charge on any atom is 0.267 e. The molecule has 2 amide bonds. The number of benzene rings is 1. The molecule has 10 nitrogen and oxygen atoms in total. The number of aromatic nitrogens is 2. The highest BCUT2D eigenvalue weighted by molar-refractivity contribution is 5.91. The summed E-state index contributed by atoms with van der Waals surface area (Å²) in [7, 11) is 4.45. The lowest BCUT2D eigenvalue weighted by Gasteiger charge is -2.27. The van der Waals surface area contributed by atoms with Gasteiger partial charge in [0.25, 0.3) is 5.56 Å². The van der Waals surface area contributed by atoms with Crippen LogP contribution in [0.3, 0.4) is 0 Å². The molecule has 160 valence electrons. The normalized spacial score (nSPS) is 12.7. The highest BCUT2D eigenvalue weighted by atomic mass is 16.5. The average Bonchev–Trinajstić information content (AvgIpc) is 2.72. The maximum absolute atomic E-state index is 12.5. The number of carbonyl (C=O) groups excluding carboxylic acids is 2. The molecule has 0 bridgehead atoms. The third kappa shape index (κ3) is 4.37. The van der Waals surface area contributed by atoms with Crippen molar-refractivity contribution in [3.8, 4) is 17.2 Å². The predicted molar refractivity (Wildman–Crippen MR) is 108 cm³/mol. The van der Waals surface area contributed by atoms with E-state index in [1.54, 1.807) is 17.0 Å². The van der Waals surface area contributed by atoms with Gasteiger partial charge in [0.2, 0.25) is 17.6 Å². The van der Waals surface area contributed by atoms with Crippen molar-refractivity contribution in [1.82, 2.24) is 14.7 Å². The second-order valence-corrected chi connectivity index (χ2v) is 6.76. The predicted octanol–water partition coefficient (Wildman–Crippen LogP) is 0.812. The van der Waals surface area contributed by atoms with E-state index < -0.39 is 11.5 Å². The highest BCUT2D eigenvalue weighted by Gasteiger charge is 2.21. The molecule has 0 unspecified atom stereocenters. The number of hydrogen-bond acceptors (Lipinski definition) is 7. The largest absolute Gasteiger partial charge is 0.493 e. The van der Waals surface area contributed by atoms with Gasteiger partial charge >= 0.3 is 0 Å². The Morgan fingerprint density at radius 2 is 1.77 bits per heavy atom. The molecule has 1 aliphatic heterocycles. The Morgan fingerprint density at radius 3 is 2.33 bits per heavy atom. The van der Waals surface area contributed by atoms with E-state index in [0.29, 0.717) is 53.7 Å². The molecule has 0 fully saturated rings. The zero-order valence-corrected chi connectivity index (χ0v) is 17.4. The van der Waals surface area contributed by atoms with Crippen molar-refractivity contribution in [3.63, 3.8) is 0 Å². The number of nitrogens with one attached hydrogen (secondary N) is 1. The van der Waals surface area contributed by atoms with Crippen LogP contribution >= 0.6 is 0 Å². The Labute approximate surface area is 173 Å². The quantitative estimate of drug-likeness (QED) is 0.742. The monoisotopic (exact) mass is 416 g/mol. The molecule has 0 saturated heterocycles. The summed E-state index contributed by atoms with van der Waals surface area (Å²) >= 11 is 0. The Bertz CT molecular complexity index is 1010. The van der Waals surface area contributed by atoms with Crippen LogP contribution in [0.1, 0.15) is 18.2 Å². The number of carbonyl (C=O) groups is 2. The van der Waals surface area contributed by atoms with Crippen LogP contribution in [-0.2, 0) is 29.1 Å². The van der Waals surface area contributed by atoms with Crippen LogP contribution in [-0.4, -0.2) is 54.4 Å². The van der Waals surface area contributed by atoms with Crippen molar-refractivity contribution in [1.29, 1.82) is 0 Å². The molecule has 0 radical (unpaired) electrons. The minimum absolute atomic E-state index is 0.0467. The molecule has 2 heterocycles. The topological polar surface area (TPSA) is 112 Å². The number of fused-ring (bicyclic) bond motifs is 1. The first-order valence-electron chi connectivity index (χ1n) is 9.31. The zero-order chi connectivity index (χ0) is 21.8. The van der Waals surface area contributed by atoms with Gasteiger partial charge in [0, 0.05) is 55.9 Å². The van der Waals surface area contributed by atoms with Gasteiger partial charge in [0.05, 0.1) is 27.0 Å². The maximum atomic E-state index is 12.5. The number of anilines is 1. The molecule has 30 heavy (non-hydrogen) atoms. The SMILES string of the molecule is COc1cc(NC(=O)Cn2nc3c(cc2=O)CN(C(C)=O)CC3)cc(OC)c1OC. The number of nitrogens with zero attached hydrogens (tertiary/aromatic N) is 3. The molecule has 1 N–H and O–H groups in total. The van der Waals surface area contributed by atoms with Crippen LogP contribution in [0.25, 0.3) is 0 Å². The second kappa shape index (κ2) is 8.85. The van der Waals surface area contributed by atoms with Crippen molar-refractivity contribution in [2.24, 2.45) is 0 Å². The Morgan fingerprint density at radius 1 is 1.10 bits per heavy atom. The molecular formula is C20H24N4O6. The molecule has 0 aliphatic carbocycles. The van der Waals surface area contributed by atoms with Crippen molar-refractivity contribution >= 4 is 17.5 Å². The third-order valence-electron chi connectivity index (χ3n) is 4.83. The van der Waals surface area contributed by atoms with Gasteiger partial charge in [-0.3, -0.25) is 14.4 Å². The standard InChI is InChI=1S/C20H24N4O6/c1-12(25)23-6-5-15-13(10-23)7-19(27)24(22-15)11-18(26)21-14-8-16(28-2)20(30-4)17(9-14)29-3/h7-9H,5-6,10-11H2,1-4H3,(H,21,26). The van der Waals surface area contributed by atoms with E-state index in [-0.39, 0.29) is 12.5 Å². The molecule has 1 aromatic heterocycles. The van der Waals surface area contributed by atoms with Gasteiger partial charge in [0.15, 0.2) is 11.5 Å². The van der Waals surface area contributed by atoms with Gasteiger partial charge in [-0.15, -0.1) is 0 Å². The van der Waals surface area contributed by atoms with Crippen LogP contribution in [0.2, 0.25) is 0 Å². The molecule has 10 heteroatoms. The van der Waals surface area contributed by atoms with Gasteiger partial charge in [0.1, 0.15) is 6.54 Å². The van der Waals surface area contributed by atoms with E-state index in [1.165, 1.54) is 34.3 Å². The summed E-state index contributed by atoms with van der Waals surface area (Å²) in [4.78, 5) is 38.1. The van der Waals surface area contributed by atoms with Crippen LogP contribution in [0.15, 0.2) is 23.0 Å². The lowest BCUT2D eigenvalue weighted by atomic mass is 10.1. The van der Waals surface area contributed by atoms with Crippen LogP contribution < -0.4 is 25.1 Å². The Hall–Kier alpha value is -3.56. The van der Waals surface area contributed by atoms with E-state index >= 15 is 0 Å². The molecule has 0 atom stereocenters. The summed E-state index contributed by atoms with van der Waals surface area (Å²) < 4.78 is 16.9. The smallest absolute Gasteiger partial charge is 0.267 e. The fraction of sp³-hybridized carbons (Fsp3) is 0.400. The van der Waals surface area contributed by atoms with Crippen LogP contribution in [0.4, 0.5) is 5.69 Å². The summed E-state index contributed by atoms with van der Waals surface area (Å²) in [5.74, 6) is 0.720. The van der Waals surface area contributed by atoms with E-state index in [4.69, 9.17) is 14.2 Å². The van der Waals surface area contributed by atoms with Crippen molar-refractivity contribution in [2.45, 2.75) is 26.4 Å². The highest BCUT2D eigenvalue weighted by Crippen LogP contribution is 2.39. The number of ether oxygens (including phenoxy) is 3.